The molecule has 1 saturated carbocycles. The van der Waals surface area contributed by atoms with Gasteiger partial charge in [0.25, 0.3) is 0 Å². The van der Waals surface area contributed by atoms with Crippen LogP contribution in [0.2, 0.25) is 0 Å². The third-order valence-electron chi connectivity index (χ3n) is 2.12. The minimum Gasteiger partial charge on any atom is -0.310 e. The van der Waals surface area contributed by atoms with E-state index < -0.39 is 0 Å². The van der Waals surface area contributed by atoms with E-state index in [-0.39, 0.29) is 18.2 Å². The van der Waals surface area contributed by atoms with E-state index in [0.717, 1.165) is 5.56 Å². The van der Waals surface area contributed by atoms with Crippen molar-refractivity contribution in [3.05, 3.63) is 35.6 Å². The van der Waals surface area contributed by atoms with Crippen molar-refractivity contribution >= 4 is 12.4 Å². The smallest absolute Gasteiger partial charge is 0.127 e. The lowest BCUT2D eigenvalue weighted by Gasteiger charge is -2.03. The van der Waals surface area contributed by atoms with Gasteiger partial charge < -0.3 is 5.32 Å². The lowest BCUT2D eigenvalue weighted by Crippen LogP contribution is -2.16. The molecule has 0 radical (unpaired) electrons. The first-order valence-corrected chi connectivity index (χ1v) is 4.33. The highest BCUT2D eigenvalue weighted by Crippen LogP contribution is 2.19. The molecule has 0 amide bonds. The summed E-state index contributed by atoms with van der Waals surface area (Å²) in [5, 5.41) is 3.27. The molecule has 1 aromatic carbocycles. The highest BCUT2D eigenvalue weighted by atomic mass is 35.5. The van der Waals surface area contributed by atoms with Crippen molar-refractivity contribution in [2.45, 2.75) is 25.4 Å². The number of halogens is 2. The number of hydrogen-bond donors (Lipinski definition) is 1. The molecule has 0 aromatic heterocycles. The Morgan fingerprint density at radius 3 is 2.62 bits per heavy atom. The van der Waals surface area contributed by atoms with E-state index in [4.69, 9.17) is 0 Å². The maximum Gasteiger partial charge on any atom is 0.127 e. The Morgan fingerprint density at radius 1 is 1.31 bits per heavy atom. The Morgan fingerprint density at radius 2 is 2.00 bits per heavy atom. The monoisotopic (exact) mass is 201 g/mol. The third kappa shape index (κ3) is 2.98. The van der Waals surface area contributed by atoms with E-state index >= 15 is 0 Å². The van der Waals surface area contributed by atoms with Gasteiger partial charge in [-0.15, -0.1) is 12.4 Å². The summed E-state index contributed by atoms with van der Waals surface area (Å²) in [6.07, 6.45) is 2.49. The molecule has 1 aromatic rings. The lowest BCUT2D eigenvalue weighted by atomic mass is 10.2. The molecular weight excluding hydrogens is 189 g/mol. The van der Waals surface area contributed by atoms with Crippen LogP contribution < -0.4 is 5.32 Å². The van der Waals surface area contributed by atoms with Gasteiger partial charge in [0, 0.05) is 18.2 Å². The number of nitrogens with one attached hydrogen (secondary N) is 1. The summed E-state index contributed by atoms with van der Waals surface area (Å²) in [5.41, 5.74) is 0.768. The van der Waals surface area contributed by atoms with Gasteiger partial charge in [-0.2, -0.15) is 0 Å². The maximum absolute atomic E-state index is 13.0. The summed E-state index contributed by atoms with van der Waals surface area (Å²) in [7, 11) is 0. The Hall–Kier alpha value is -0.600. The van der Waals surface area contributed by atoms with E-state index in [0.29, 0.717) is 12.6 Å². The summed E-state index contributed by atoms with van der Waals surface area (Å²) in [4.78, 5) is 0. The van der Waals surface area contributed by atoms with Gasteiger partial charge in [0.05, 0.1) is 0 Å². The fourth-order valence-electron chi connectivity index (χ4n) is 1.18. The fraction of sp³-hybridized carbons (Fsp3) is 0.400. The van der Waals surface area contributed by atoms with Crippen LogP contribution in [0.3, 0.4) is 0 Å². The molecule has 1 aliphatic carbocycles. The predicted octanol–water partition coefficient (Wildman–Crippen LogP) is 2.50. The molecule has 2 rings (SSSR count). The largest absolute Gasteiger partial charge is 0.310 e. The molecule has 0 heterocycles. The molecule has 0 aliphatic heterocycles. The predicted molar refractivity (Wildman–Crippen MR) is 53.5 cm³/mol. The molecule has 0 spiro atoms. The Labute approximate surface area is 83.8 Å². The van der Waals surface area contributed by atoms with Gasteiger partial charge >= 0.3 is 0 Å². The van der Waals surface area contributed by atoms with Gasteiger partial charge in [0.2, 0.25) is 0 Å². The molecule has 1 nitrogen and oxygen atoms in total. The Kier molecular flexibility index (Phi) is 3.70. The van der Waals surface area contributed by atoms with Gasteiger partial charge in [-0.25, -0.2) is 4.39 Å². The molecule has 72 valence electrons. The normalized spacial score (nSPS) is 15.2. The molecule has 0 atom stereocenters. The molecule has 0 bridgehead atoms. The van der Waals surface area contributed by atoms with Crippen LogP contribution in [0.15, 0.2) is 24.3 Å². The summed E-state index contributed by atoms with van der Waals surface area (Å²) < 4.78 is 13.0. The maximum atomic E-state index is 13.0. The molecule has 1 N–H and O–H groups in total. The summed E-state index contributed by atoms with van der Waals surface area (Å²) in [6.45, 7) is 0.664. The Bertz CT molecular complexity index is 273. The minimum absolute atomic E-state index is 0. The SMILES string of the molecule is Cl.Fc1ccccc1CNC1CC1. The topological polar surface area (TPSA) is 12.0 Å². The van der Waals surface area contributed by atoms with Gasteiger partial charge in [0.1, 0.15) is 5.82 Å². The van der Waals surface area contributed by atoms with Crippen molar-refractivity contribution in [1.29, 1.82) is 0 Å². The second-order valence-corrected chi connectivity index (χ2v) is 3.25. The zero-order valence-electron chi connectivity index (χ0n) is 7.29. The van der Waals surface area contributed by atoms with Crippen LogP contribution in [-0.4, -0.2) is 6.04 Å². The minimum atomic E-state index is -0.106. The fourth-order valence-corrected chi connectivity index (χ4v) is 1.18. The van der Waals surface area contributed by atoms with Gasteiger partial charge in [-0.3, -0.25) is 0 Å². The quantitative estimate of drug-likeness (QED) is 0.793. The Balaban J connectivity index is 0.000000845. The molecule has 0 unspecified atom stereocenters. The first kappa shape index (κ1) is 10.5. The van der Waals surface area contributed by atoms with E-state index in [1.54, 1.807) is 6.07 Å². The zero-order valence-corrected chi connectivity index (χ0v) is 8.11. The van der Waals surface area contributed by atoms with Crippen LogP contribution in [0.1, 0.15) is 18.4 Å². The highest BCUT2D eigenvalue weighted by molar-refractivity contribution is 5.85. The summed E-state index contributed by atoms with van der Waals surface area (Å²) in [6, 6.07) is 7.56. The van der Waals surface area contributed by atoms with Crippen LogP contribution in [0, 0.1) is 5.82 Å². The summed E-state index contributed by atoms with van der Waals surface area (Å²) >= 11 is 0. The number of rotatable bonds is 3. The van der Waals surface area contributed by atoms with Crippen LogP contribution in [-0.2, 0) is 6.54 Å². The second-order valence-electron chi connectivity index (χ2n) is 3.25. The molecular formula is C10H13ClFN. The van der Waals surface area contributed by atoms with Crippen LogP contribution >= 0.6 is 12.4 Å². The van der Waals surface area contributed by atoms with Crippen LogP contribution in [0.5, 0.6) is 0 Å². The van der Waals surface area contributed by atoms with Crippen molar-refractivity contribution in [2.24, 2.45) is 0 Å². The molecule has 13 heavy (non-hydrogen) atoms. The van der Waals surface area contributed by atoms with Crippen molar-refractivity contribution in [3.8, 4) is 0 Å². The zero-order chi connectivity index (χ0) is 8.39. The number of benzene rings is 1. The first-order chi connectivity index (χ1) is 5.86. The van der Waals surface area contributed by atoms with Crippen LogP contribution in [0.25, 0.3) is 0 Å². The number of hydrogen-bond acceptors (Lipinski definition) is 1. The third-order valence-corrected chi connectivity index (χ3v) is 2.12. The van der Waals surface area contributed by atoms with Gasteiger partial charge in [-0.1, -0.05) is 18.2 Å². The summed E-state index contributed by atoms with van der Waals surface area (Å²) in [5.74, 6) is -0.106. The van der Waals surface area contributed by atoms with Crippen molar-refractivity contribution in [1.82, 2.24) is 5.32 Å². The van der Waals surface area contributed by atoms with E-state index in [1.807, 2.05) is 12.1 Å². The average Bonchev–Trinajstić information content (AvgIpc) is 2.86. The average molecular weight is 202 g/mol. The highest BCUT2D eigenvalue weighted by Gasteiger charge is 2.20. The van der Waals surface area contributed by atoms with E-state index in [1.165, 1.54) is 18.9 Å². The van der Waals surface area contributed by atoms with E-state index in [2.05, 4.69) is 5.32 Å². The van der Waals surface area contributed by atoms with Crippen molar-refractivity contribution in [3.63, 3.8) is 0 Å². The van der Waals surface area contributed by atoms with Gasteiger partial charge in [0.15, 0.2) is 0 Å². The van der Waals surface area contributed by atoms with Crippen molar-refractivity contribution < 1.29 is 4.39 Å². The molecule has 1 fully saturated rings. The standard InChI is InChI=1S/C10H12FN.ClH/c11-10-4-2-1-3-8(10)7-12-9-5-6-9;/h1-4,9,12H,5-7H2;1H. The van der Waals surface area contributed by atoms with Crippen molar-refractivity contribution in [2.75, 3.05) is 0 Å². The molecule has 3 heteroatoms. The first-order valence-electron chi connectivity index (χ1n) is 4.33. The van der Waals surface area contributed by atoms with Gasteiger partial charge in [-0.05, 0) is 18.9 Å². The lowest BCUT2D eigenvalue weighted by molar-refractivity contribution is 0.587. The molecule has 1 aliphatic rings. The molecule has 0 saturated heterocycles. The van der Waals surface area contributed by atoms with E-state index in [9.17, 15) is 4.39 Å². The van der Waals surface area contributed by atoms with Crippen LogP contribution in [0.4, 0.5) is 4.39 Å². The second kappa shape index (κ2) is 4.58.